The molecule has 1 N–H and O–H groups in total. The first kappa shape index (κ1) is 30.0. The zero-order valence-electron chi connectivity index (χ0n) is 24.8. The maximum absolute atomic E-state index is 14.8. The van der Waals surface area contributed by atoms with Crippen LogP contribution in [0.3, 0.4) is 0 Å². The Labute approximate surface area is 248 Å². The van der Waals surface area contributed by atoms with Crippen LogP contribution in [-0.4, -0.2) is 70.8 Å². The van der Waals surface area contributed by atoms with Gasteiger partial charge < -0.3 is 24.4 Å². The van der Waals surface area contributed by atoms with Crippen LogP contribution >= 0.6 is 0 Å². The van der Waals surface area contributed by atoms with Crippen molar-refractivity contribution >= 4 is 34.2 Å². The summed E-state index contributed by atoms with van der Waals surface area (Å²) in [6, 6.07) is 12.1. The highest BCUT2D eigenvalue weighted by Crippen LogP contribution is 2.65. The molecule has 3 aliphatic heterocycles. The van der Waals surface area contributed by atoms with Gasteiger partial charge in [0, 0.05) is 12.2 Å². The van der Waals surface area contributed by atoms with Gasteiger partial charge in [0.2, 0.25) is 5.91 Å². The molecule has 5 rings (SSSR count). The van der Waals surface area contributed by atoms with E-state index in [0.29, 0.717) is 31.4 Å². The van der Waals surface area contributed by atoms with Gasteiger partial charge in [0.25, 0.3) is 5.91 Å². The number of ether oxygens (including phenoxy) is 2. The fraction of sp³-hybridized carbons (Fsp3) is 0.500. The number of amides is 2. The first-order valence-corrected chi connectivity index (χ1v) is 15.0. The van der Waals surface area contributed by atoms with E-state index in [9.17, 15) is 19.5 Å². The summed E-state index contributed by atoms with van der Waals surface area (Å²) in [4.78, 5) is 46.0. The number of hydrogen-bond acceptors (Lipinski definition) is 6. The second-order valence-corrected chi connectivity index (χ2v) is 12.1. The van der Waals surface area contributed by atoms with Crippen LogP contribution in [0.5, 0.6) is 0 Å². The third-order valence-corrected chi connectivity index (χ3v) is 9.74. The van der Waals surface area contributed by atoms with Crippen LogP contribution in [0, 0.1) is 17.8 Å². The molecule has 0 aromatic heterocycles. The van der Waals surface area contributed by atoms with Crippen molar-refractivity contribution in [3.8, 4) is 0 Å². The average Bonchev–Trinajstić information content (AvgIpc) is 3.50. The molecule has 8 heteroatoms. The summed E-state index contributed by atoms with van der Waals surface area (Å²) in [5, 5.41) is 12.4. The summed E-state index contributed by atoms with van der Waals surface area (Å²) in [5.41, 5.74) is -1.52. The zero-order chi connectivity index (χ0) is 30.2. The molecule has 8 nitrogen and oxygen atoms in total. The van der Waals surface area contributed by atoms with Crippen LogP contribution in [0.25, 0.3) is 10.8 Å². The van der Waals surface area contributed by atoms with Crippen LogP contribution in [0.1, 0.15) is 46.5 Å². The molecule has 2 amide bonds. The maximum atomic E-state index is 14.8. The minimum atomic E-state index is -1.23. The molecule has 3 heterocycles. The summed E-state index contributed by atoms with van der Waals surface area (Å²) in [5.74, 6) is -2.98. The van der Waals surface area contributed by atoms with E-state index < -0.39 is 41.1 Å². The largest absolute Gasteiger partial charge is 0.465 e. The number of carbonyl (C=O) groups excluding carboxylic acids is 3. The fourth-order valence-corrected chi connectivity index (χ4v) is 7.56. The molecule has 42 heavy (non-hydrogen) atoms. The van der Waals surface area contributed by atoms with Crippen LogP contribution < -0.4 is 4.90 Å². The molecule has 3 aliphatic rings. The van der Waals surface area contributed by atoms with Gasteiger partial charge in [-0.15, -0.1) is 13.2 Å². The minimum absolute atomic E-state index is 0.106. The van der Waals surface area contributed by atoms with Crippen molar-refractivity contribution in [2.24, 2.45) is 17.8 Å². The van der Waals surface area contributed by atoms with E-state index in [2.05, 4.69) is 13.2 Å². The van der Waals surface area contributed by atoms with Crippen molar-refractivity contribution < 1.29 is 29.0 Å². The third kappa shape index (κ3) is 4.56. The Morgan fingerprint density at radius 2 is 1.95 bits per heavy atom. The first-order valence-electron chi connectivity index (χ1n) is 15.0. The summed E-state index contributed by atoms with van der Waals surface area (Å²) < 4.78 is 12.5. The van der Waals surface area contributed by atoms with Crippen LogP contribution in [0.4, 0.5) is 5.69 Å². The van der Waals surface area contributed by atoms with Gasteiger partial charge in [-0.1, -0.05) is 56.3 Å². The lowest BCUT2D eigenvalue weighted by Gasteiger charge is -2.39. The van der Waals surface area contributed by atoms with Crippen molar-refractivity contribution in [2.45, 2.75) is 69.7 Å². The Morgan fingerprint density at radius 3 is 2.62 bits per heavy atom. The SMILES string of the molecule is C=CCCCOC(=O)[C@H]1[C@H]2C(=O)N([C@@H](CC)CO)C(C(=O)N(CC=C)c3ccc4ccccc4c3)C23CC(C)[C@]1(C)O3. The Balaban J connectivity index is 1.59. The highest BCUT2D eigenvalue weighted by molar-refractivity contribution is 6.05. The van der Waals surface area contributed by atoms with E-state index in [1.54, 1.807) is 17.1 Å². The van der Waals surface area contributed by atoms with Crippen molar-refractivity contribution in [2.75, 3.05) is 24.7 Å². The number of benzene rings is 2. The quantitative estimate of drug-likeness (QED) is 0.225. The number of unbranched alkanes of at least 4 members (excludes halogenated alkanes) is 1. The molecule has 1 spiro atoms. The number of hydrogen-bond donors (Lipinski definition) is 1. The van der Waals surface area contributed by atoms with Gasteiger partial charge in [0.15, 0.2) is 0 Å². The number of rotatable bonds is 12. The molecular weight excluding hydrogens is 532 g/mol. The van der Waals surface area contributed by atoms with E-state index in [-0.39, 0.29) is 37.5 Å². The molecular formula is C34H42N2O6. The molecule has 2 aromatic rings. The summed E-state index contributed by atoms with van der Waals surface area (Å²) in [7, 11) is 0. The topological polar surface area (TPSA) is 96.4 Å². The number of anilines is 1. The molecule has 3 unspecified atom stereocenters. The lowest BCUT2D eigenvalue weighted by molar-refractivity contribution is -0.162. The number of nitrogens with zero attached hydrogens (tertiary/aromatic N) is 2. The molecule has 224 valence electrons. The Kier molecular flexibility index (Phi) is 8.32. The monoisotopic (exact) mass is 574 g/mol. The number of fused-ring (bicyclic) bond motifs is 2. The second kappa shape index (κ2) is 11.7. The van der Waals surface area contributed by atoms with Gasteiger partial charge in [-0.05, 0) is 61.4 Å². The number of esters is 1. The number of aliphatic hydroxyl groups is 1. The van der Waals surface area contributed by atoms with Crippen LogP contribution in [0.15, 0.2) is 67.8 Å². The minimum Gasteiger partial charge on any atom is -0.465 e. The first-order chi connectivity index (χ1) is 20.2. The Hall–Kier alpha value is -3.49. The van der Waals surface area contributed by atoms with Gasteiger partial charge in [0.05, 0.1) is 30.8 Å². The average molecular weight is 575 g/mol. The number of likely N-dealkylation sites (tertiary alicyclic amines) is 1. The lowest BCUT2D eigenvalue weighted by Crippen LogP contribution is -2.59. The highest BCUT2D eigenvalue weighted by Gasteiger charge is 2.80. The number of allylic oxidation sites excluding steroid dienone is 1. The van der Waals surface area contributed by atoms with E-state index in [1.165, 1.54) is 4.90 Å². The number of carbonyl (C=O) groups is 3. The Morgan fingerprint density at radius 1 is 1.21 bits per heavy atom. The fourth-order valence-electron chi connectivity index (χ4n) is 7.56. The predicted molar refractivity (Wildman–Crippen MR) is 162 cm³/mol. The smallest absolute Gasteiger partial charge is 0.312 e. The van der Waals surface area contributed by atoms with Gasteiger partial charge in [-0.25, -0.2) is 0 Å². The van der Waals surface area contributed by atoms with Crippen LogP contribution in [-0.2, 0) is 23.9 Å². The second-order valence-electron chi connectivity index (χ2n) is 12.1. The molecule has 3 fully saturated rings. The van der Waals surface area contributed by atoms with Crippen molar-refractivity contribution in [1.82, 2.24) is 4.90 Å². The maximum Gasteiger partial charge on any atom is 0.312 e. The van der Waals surface area contributed by atoms with Gasteiger partial charge >= 0.3 is 5.97 Å². The van der Waals surface area contributed by atoms with Crippen LogP contribution in [0.2, 0.25) is 0 Å². The molecule has 0 saturated carbocycles. The Bertz CT molecular complexity index is 1390. The normalized spacial score (nSPS) is 30.3. The summed E-state index contributed by atoms with van der Waals surface area (Å²) >= 11 is 0. The van der Waals surface area contributed by atoms with Gasteiger partial charge in [0.1, 0.15) is 17.6 Å². The highest BCUT2D eigenvalue weighted by atomic mass is 16.6. The van der Waals surface area contributed by atoms with E-state index in [4.69, 9.17) is 9.47 Å². The predicted octanol–water partition coefficient (Wildman–Crippen LogP) is 4.65. The third-order valence-electron chi connectivity index (χ3n) is 9.74. The molecule has 0 radical (unpaired) electrons. The molecule has 0 aliphatic carbocycles. The van der Waals surface area contributed by atoms with Gasteiger partial charge in [-0.2, -0.15) is 0 Å². The number of aliphatic hydroxyl groups excluding tert-OH is 1. The van der Waals surface area contributed by atoms with E-state index in [1.807, 2.05) is 63.2 Å². The standard InChI is InChI=1S/C34H42N2O6/c1-6-9-12-18-41-32(40)28-27-30(38)36(25(8-3)21-37)29(34(27)20-22(4)33(28,5)42-34)31(39)35(17-7-2)26-16-15-23-13-10-11-14-24(23)19-26/h6-7,10-11,13-16,19,22,25,27-29,37H,1-2,8-9,12,17-18,20-21H2,3-5H3/t22?,25-,27-,28+,29?,33-,34?/m0/s1. The summed E-state index contributed by atoms with van der Waals surface area (Å²) in [6.45, 7) is 13.5. The molecule has 3 saturated heterocycles. The molecule has 2 aromatic carbocycles. The van der Waals surface area contributed by atoms with E-state index in [0.717, 1.165) is 10.8 Å². The zero-order valence-corrected chi connectivity index (χ0v) is 24.8. The van der Waals surface area contributed by atoms with E-state index >= 15 is 0 Å². The summed E-state index contributed by atoms with van der Waals surface area (Å²) in [6.07, 6.45) is 5.65. The lowest BCUT2D eigenvalue weighted by atomic mass is 9.62. The van der Waals surface area contributed by atoms with Crippen molar-refractivity contribution in [1.29, 1.82) is 0 Å². The molecule has 7 atom stereocenters. The van der Waals surface area contributed by atoms with Crippen molar-refractivity contribution in [3.05, 3.63) is 67.8 Å². The molecule has 2 bridgehead atoms. The van der Waals surface area contributed by atoms with Gasteiger partial charge in [-0.3, -0.25) is 14.4 Å². The van der Waals surface area contributed by atoms with Crippen molar-refractivity contribution in [3.63, 3.8) is 0 Å².